The molecule has 2 rings (SSSR count). The largest absolute Gasteiger partial charge is 0.472 e. The van der Waals surface area contributed by atoms with Gasteiger partial charge < -0.3 is 8.83 Å². The van der Waals surface area contributed by atoms with Crippen LogP contribution < -0.4 is 0 Å². The molecule has 0 N–H and O–H groups in total. The maximum absolute atomic E-state index is 5.64. The standard InChI is InChI=1S/C15H16N2O2/c1-4-7-17(8-5-2)10-14-12(3)19-15(16-14)13-6-9-18-11-13/h1,5-6,9,11H,2,7-8,10H2,3H3. The molecule has 19 heavy (non-hydrogen) atoms. The lowest BCUT2D eigenvalue weighted by molar-refractivity contribution is 0.326. The van der Waals surface area contributed by atoms with Gasteiger partial charge in [0.25, 0.3) is 0 Å². The van der Waals surface area contributed by atoms with E-state index in [0.29, 0.717) is 19.0 Å². The molecule has 0 saturated heterocycles. The van der Waals surface area contributed by atoms with Crippen LogP contribution in [0.2, 0.25) is 0 Å². The van der Waals surface area contributed by atoms with Gasteiger partial charge in [-0.2, -0.15) is 0 Å². The van der Waals surface area contributed by atoms with Crippen LogP contribution in [0.1, 0.15) is 11.5 Å². The molecular formula is C15H16N2O2. The molecule has 0 aliphatic heterocycles. The molecule has 0 spiro atoms. The van der Waals surface area contributed by atoms with E-state index in [-0.39, 0.29) is 0 Å². The Morgan fingerprint density at radius 2 is 2.42 bits per heavy atom. The summed E-state index contributed by atoms with van der Waals surface area (Å²) in [6, 6.07) is 1.82. The van der Waals surface area contributed by atoms with E-state index >= 15 is 0 Å². The second-order valence-electron chi connectivity index (χ2n) is 4.20. The van der Waals surface area contributed by atoms with Crippen molar-refractivity contribution < 1.29 is 8.83 Å². The van der Waals surface area contributed by atoms with Crippen molar-refractivity contribution >= 4 is 0 Å². The Bertz CT molecular complexity index is 576. The quantitative estimate of drug-likeness (QED) is 0.588. The molecule has 0 unspecified atom stereocenters. The first kappa shape index (κ1) is 13.2. The summed E-state index contributed by atoms with van der Waals surface area (Å²) in [5, 5.41) is 0. The van der Waals surface area contributed by atoms with Gasteiger partial charge in [-0.05, 0) is 13.0 Å². The minimum absolute atomic E-state index is 0.555. The van der Waals surface area contributed by atoms with E-state index in [4.69, 9.17) is 15.3 Å². The van der Waals surface area contributed by atoms with Crippen LogP contribution in [0.25, 0.3) is 11.5 Å². The summed E-state index contributed by atoms with van der Waals surface area (Å²) in [4.78, 5) is 6.55. The van der Waals surface area contributed by atoms with Crippen molar-refractivity contribution in [3.8, 4) is 23.8 Å². The Morgan fingerprint density at radius 1 is 1.58 bits per heavy atom. The molecular weight excluding hydrogens is 240 g/mol. The highest BCUT2D eigenvalue weighted by Crippen LogP contribution is 2.22. The average Bonchev–Trinajstić information content (AvgIpc) is 3.00. The molecule has 0 aromatic carbocycles. The van der Waals surface area contributed by atoms with Crippen molar-refractivity contribution in [3.63, 3.8) is 0 Å². The SMILES string of the molecule is C#CCN(CC=C)Cc1nc(-c2ccoc2)oc1C. The molecule has 4 heteroatoms. The molecule has 2 aromatic rings. The molecule has 0 radical (unpaired) electrons. The fourth-order valence-electron chi connectivity index (χ4n) is 1.79. The van der Waals surface area contributed by atoms with Gasteiger partial charge in [-0.25, -0.2) is 4.98 Å². The second-order valence-corrected chi connectivity index (χ2v) is 4.20. The lowest BCUT2D eigenvalue weighted by Crippen LogP contribution is -2.24. The van der Waals surface area contributed by atoms with E-state index < -0.39 is 0 Å². The lowest BCUT2D eigenvalue weighted by Gasteiger charge is -2.15. The topological polar surface area (TPSA) is 42.4 Å². The summed E-state index contributed by atoms with van der Waals surface area (Å²) in [6.07, 6.45) is 10.4. The van der Waals surface area contributed by atoms with E-state index in [1.807, 2.05) is 19.1 Å². The summed E-state index contributed by atoms with van der Waals surface area (Å²) >= 11 is 0. The normalized spacial score (nSPS) is 10.6. The molecule has 4 nitrogen and oxygen atoms in total. The van der Waals surface area contributed by atoms with E-state index in [1.54, 1.807) is 12.5 Å². The van der Waals surface area contributed by atoms with Crippen molar-refractivity contribution in [2.24, 2.45) is 0 Å². The average molecular weight is 256 g/mol. The number of rotatable bonds is 6. The zero-order chi connectivity index (χ0) is 13.7. The predicted molar refractivity (Wildman–Crippen MR) is 73.2 cm³/mol. The molecule has 98 valence electrons. The monoisotopic (exact) mass is 256 g/mol. The van der Waals surface area contributed by atoms with Gasteiger partial charge in [0.1, 0.15) is 12.0 Å². The van der Waals surface area contributed by atoms with Crippen LogP contribution in [-0.2, 0) is 6.54 Å². The Kier molecular flexibility index (Phi) is 4.22. The zero-order valence-electron chi connectivity index (χ0n) is 10.9. The minimum Gasteiger partial charge on any atom is -0.472 e. The molecule has 0 aliphatic carbocycles. The van der Waals surface area contributed by atoms with Crippen molar-refractivity contribution in [2.45, 2.75) is 13.5 Å². The number of terminal acetylenes is 1. The highest BCUT2D eigenvalue weighted by molar-refractivity contribution is 5.51. The van der Waals surface area contributed by atoms with Crippen LogP contribution in [-0.4, -0.2) is 23.0 Å². The molecule has 0 saturated carbocycles. The van der Waals surface area contributed by atoms with Gasteiger partial charge in [0.2, 0.25) is 5.89 Å². The van der Waals surface area contributed by atoms with Gasteiger partial charge in [0.15, 0.2) is 0 Å². The molecule has 2 aromatic heterocycles. The Hall–Kier alpha value is -2.25. The summed E-state index contributed by atoms with van der Waals surface area (Å²) < 4.78 is 10.7. The van der Waals surface area contributed by atoms with Gasteiger partial charge in [0.05, 0.1) is 24.1 Å². The van der Waals surface area contributed by atoms with Crippen LogP contribution >= 0.6 is 0 Å². The molecule has 0 amide bonds. The third kappa shape index (κ3) is 3.15. The van der Waals surface area contributed by atoms with Crippen LogP contribution in [0.3, 0.4) is 0 Å². The predicted octanol–water partition coefficient (Wildman–Crippen LogP) is 2.86. The number of nitrogens with zero attached hydrogens (tertiary/aromatic N) is 2. The summed E-state index contributed by atoms with van der Waals surface area (Å²) in [6.45, 7) is 7.54. The number of oxazole rings is 1. The fraction of sp³-hybridized carbons (Fsp3) is 0.267. The van der Waals surface area contributed by atoms with E-state index in [0.717, 1.165) is 23.6 Å². The third-order valence-electron chi connectivity index (χ3n) is 2.74. The maximum atomic E-state index is 5.64. The number of aromatic nitrogens is 1. The maximum Gasteiger partial charge on any atom is 0.229 e. The van der Waals surface area contributed by atoms with Gasteiger partial charge in [0, 0.05) is 13.1 Å². The van der Waals surface area contributed by atoms with Crippen molar-refractivity contribution in [1.29, 1.82) is 0 Å². The van der Waals surface area contributed by atoms with E-state index in [2.05, 4.69) is 22.4 Å². The molecule has 0 fully saturated rings. The van der Waals surface area contributed by atoms with E-state index in [1.165, 1.54) is 0 Å². The van der Waals surface area contributed by atoms with Gasteiger partial charge in [-0.1, -0.05) is 12.0 Å². The minimum atomic E-state index is 0.555. The number of hydrogen-bond acceptors (Lipinski definition) is 4. The first-order valence-electron chi connectivity index (χ1n) is 6.00. The Morgan fingerprint density at radius 3 is 3.05 bits per heavy atom. The molecule has 0 bridgehead atoms. The molecule has 2 heterocycles. The van der Waals surface area contributed by atoms with Crippen LogP contribution in [0.4, 0.5) is 0 Å². The Labute approximate surface area is 112 Å². The Balaban J connectivity index is 2.16. The highest BCUT2D eigenvalue weighted by Gasteiger charge is 2.14. The fourth-order valence-corrected chi connectivity index (χ4v) is 1.79. The highest BCUT2D eigenvalue weighted by atomic mass is 16.4. The van der Waals surface area contributed by atoms with E-state index in [9.17, 15) is 0 Å². The van der Waals surface area contributed by atoms with Crippen LogP contribution in [0, 0.1) is 19.3 Å². The smallest absolute Gasteiger partial charge is 0.229 e. The third-order valence-corrected chi connectivity index (χ3v) is 2.74. The van der Waals surface area contributed by atoms with Crippen molar-refractivity contribution in [3.05, 3.63) is 42.7 Å². The zero-order valence-corrected chi connectivity index (χ0v) is 10.9. The number of hydrogen-bond donors (Lipinski definition) is 0. The summed E-state index contributed by atoms with van der Waals surface area (Å²) in [5.41, 5.74) is 1.72. The van der Waals surface area contributed by atoms with Gasteiger partial charge in [-0.3, -0.25) is 4.90 Å². The molecule has 0 aliphatic rings. The first-order valence-corrected chi connectivity index (χ1v) is 6.00. The second kappa shape index (κ2) is 6.07. The number of furan rings is 1. The number of aryl methyl sites for hydroxylation is 1. The first-order chi connectivity index (χ1) is 9.24. The molecule has 0 atom stereocenters. The van der Waals surface area contributed by atoms with Crippen molar-refractivity contribution in [1.82, 2.24) is 9.88 Å². The van der Waals surface area contributed by atoms with Gasteiger partial charge in [-0.15, -0.1) is 13.0 Å². The van der Waals surface area contributed by atoms with Gasteiger partial charge >= 0.3 is 0 Å². The van der Waals surface area contributed by atoms with Crippen LogP contribution in [0.5, 0.6) is 0 Å². The lowest BCUT2D eigenvalue weighted by atomic mass is 10.3. The summed E-state index contributed by atoms with van der Waals surface area (Å²) in [5.74, 6) is 4.00. The van der Waals surface area contributed by atoms with Crippen molar-refractivity contribution in [2.75, 3.05) is 13.1 Å². The summed E-state index contributed by atoms with van der Waals surface area (Å²) in [7, 11) is 0. The van der Waals surface area contributed by atoms with Crippen LogP contribution in [0.15, 0.2) is 40.1 Å².